The van der Waals surface area contributed by atoms with E-state index in [1.165, 1.54) is 21.3 Å². The van der Waals surface area contributed by atoms with Crippen molar-refractivity contribution in [1.29, 1.82) is 0 Å². The van der Waals surface area contributed by atoms with E-state index in [9.17, 15) is 4.79 Å². The minimum atomic E-state index is -0.492. The summed E-state index contributed by atoms with van der Waals surface area (Å²) in [7, 11) is 4.55. The Hall–Kier alpha value is -3.07. The summed E-state index contributed by atoms with van der Waals surface area (Å²) in [5, 5.41) is 7.90. The minimum Gasteiger partial charge on any atom is -0.493 e. The van der Waals surface area contributed by atoms with Crippen molar-refractivity contribution < 1.29 is 28.2 Å². The van der Waals surface area contributed by atoms with Crippen molar-refractivity contribution in [3.63, 3.8) is 0 Å². The number of hydrogen-bond acceptors (Lipinski definition) is 8. The van der Waals surface area contributed by atoms with Gasteiger partial charge in [-0.15, -0.1) is 10.2 Å². The molecule has 28 heavy (non-hydrogen) atoms. The number of aromatic nitrogens is 2. The van der Waals surface area contributed by atoms with Gasteiger partial charge >= 0.3 is 5.97 Å². The highest BCUT2D eigenvalue weighted by Gasteiger charge is 2.18. The van der Waals surface area contributed by atoms with Gasteiger partial charge in [0.25, 0.3) is 5.89 Å². The maximum Gasteiger partial charge on any atom is 0.338 e. The highest BCUT2D eigenvalue weighted by molar-refractivity contribution is 9.10. The Morgan fingerprint density at radius 1 is 1.04 bits per heavy atom. The molecule has 0 fully saturated rings. The number of methoxy groups -OCH3 is 3. The maximum absolute atomic E-state index is 12.1. The number of nitrogens with zero attached hydrogens (tertiary/aromatic N) is 2. The summed E-state index contributed by atoms with van der Waals surface area (Å²) >= 11 is 3.31. The Bertz CT molecular complexity index is 963. The SMILES string of the molecule is COc1cc(-c2nnc(COC(=O)c3cccc(Br)c3)o2)cc(OC)c1OC. The summed E-state index contributed by atoms with van der Waals surface area (Å²) in [4.78, 5) is 12.1. The van der Waals surface area contributed by atoms with Gasteiger partial charge in [-0.2, -0.15) is 0 Å². The molecule has 0 N–H and O–H groups in total. The molecule has 9 heteroatoms. The molecule has 0 unspecified atom stereocenters. The van der Waals surface area contributed by atoms with Gasteiger partial charge in [-0.1, -0.05) is 22.0 Å². The fraction of sp³-hybridized carbons (Fsp3) is 0.211. The lowest BCUT2D eigenvalue weighted by Crippen LogP contribution is -2.05. The molecule has 0 spiro atoms. The highest BCUT2D eigenvalue weighted by Crippen LogP contribution is 2.40. The van der Waals surface area contributed by atoms with Crippen LogP contribution in [0.4, 0.5) is 0 Å². The van der Waals surface area contributed by atoms with Crippen LogP contribution in [0.1, 0.15) is 16.2 Å². The lowest BCUT2D eigenvalue weighted by molar-refractivity contribution is 0.0438. The number of benzene rings is 2. The summed E-state index contributed by atoms with van der Waals surface area (Å²) < 4.78 is 27.5. The molecule has 0 radical (unpaired) electrons. The van der Waals surface area contributed by atoms with Gasteiger partial charge in [0.2, 0.25) is 11.6 Å². The smallest absolute Gasteiger partial charge is 0.338 e. The molecule has 0 saturated carbocycles. The summed E-state index contributed by atoms with van der Waals surface area (Å²) in [6.07, 6.45) is 0. The van der Waals surface area contributed by atoms with E-state index in [2.05, 4.69) is 26.1 Å². The van der Waals surface area contributed by atoms with Crippen LogP contribution in [-0.2, 0) is 11.3 Å². The lowest BCUT2D eigenvalue weighted by atomic mass is 10.2. The van der Waals surface area contributed by atoms with Crippen LogP contribution in [0.25, 0.3) is 11.5 Å². The summed E-state index contributed by atoms with van der Waals surface area (Å²) in [5.41, 5.74) is 0.991. The molecule has 0 aliphatic rings. The first-order chi connectivity index (χ1) is 13.5. The molecular weight excluding hydrogens is 432 g/mol. The number of rotatable bonds is 7. The number of hydrogen-bond donors (Lipinski definition) is 0. The van der Waals surface area contributed by atoms with E-state index in [1.54, 1.807) is 30.3 Å². The van der Waals surface area contributed by atoms with Crippen molar-refractivity contribution in [3.8, 4) is 28.7 Å². The molecule has 8 nitrogen and oxygen atoms in total. The topological polar surface area (TPSA) is 92.9 Å². The number of carbonyl (C=O) groups excluding carboxylic acids is 1. The molecule has 1 heterocycles. The van der Waals surface area contributed by atoms with Crippen LogP contribution < -0.4 is 14.2 Å². The van der Waals surface area contributed by atoms with Crippen molar-refractivity contribution in [1.82, 2.24) is 10.2 Å². The number of carbonyl (C=O) groups is 1. The van der Waals surface area contributed by atoms with Crippen LogP contribution in [0.2, 0.25) is 0 Å². The Kier molecular flexibility index (Phi) is 6.15. The van der Waals surface area contributed by atoms with Crippen LogP contribution in [-0.4, -0.2) is 37.5 Å². The molecule has 146 valence electrons. The zero-order valence-corrected chi connectivity index (χ0v) is 17.0. The fourth-order valence-electron chi connectivity index (χ4n) is 2.46. The highest BCUT2D eigenvalue weighted by atomic mass is 79.9. The monoisotopic (exact) mass is 448 g/mol. The third-order valence-corrected chi connectivity index (χ3v) is 4.26. The van der Waals surface area contributed by atoms with Gasteiger partial charge < -0.3 is 23.4 Å². The molecule has 0 atom stereocenters. The van der Waals surface area contributed by atoms with E-state index >= 15 is 0 Å². The van der Waals surface area contributed by atoms with Crippen LogP contribution in [0.15, 0.2) is 45.3 Å². The predicted molar refractivity (Wildman–Crippen MR) is 103 cm³/mol. The molecule has 0 aliphatic carbocycles. The summed E-state index contributed by atoms with van der Waals surface area (Å²) in [5.74, 6) is 1.26. The van der Waals surface area contributed by atoms with E-state index in [-0.39, 0.29) is 18.4 Å². The standard InChI is InChI=1S/C19H17BrN2O6/c1-24-14-8-12(9-15(25-2)17(14)26-3)18-22-21-16(28-18)10-27-19(23)11-5-4-6-13(20)7-11/h4-9H,10H2,1-3H3. The van der Waals surface area contributed by atoms with E-state index in [0.29, 0.717) is 28.4 Å². The second-order valence-electron chi connectivity index (χ2n) is 5.50. The quantitative estimate of drug-likeness (QED) is 0.502. The van der Waals surface area contributed by atoms with Crippen molar-refractivity contribution in [2.24, 2.45) is 0 Å². The van der Waals surface area contributed by atoms with Crippen LogP contribution >= 0.6 is 15.9 Å². The van der Waals surface area contributed by atoms with Crippen molar-refractivity contribution in [2.45, 2.75) is 6.61 Å². The molecule has 0 amide bonds. The predicted octanol–water partition coefficient (Wildman–Crippen LogP) is 3.88. The Balaban J connectivity index is 1.76. The molecule has 0 saturated heterocycles. The Morgan fingerprint density at radius 2 is 1.75 bits per heavy atom. The maximum atomic E-state index is 12.1. The second kappa shape index (κ2) is 8.75. The molecule has 3 rings (SSSR count). The first kappa shape index (κ1) is 19.7. The first-order valence-corrected chi connectivity index (χ1v) is 8.90. The van der Waals surface area contributed by atoms with Crippen LogP contribution in [0.3, 0.4) is 0 Å². The molecule has 0 bridgehead atoms. The summed E-state index contributed by atoms with van der Waals surface area (Å²) in [6.45, 7) is -0.150. The van der Waals surface area contributed by atoms with Gasteiger partial charge in [0.1, 0.15) is 0 Å². The van der Waals surface area contributed by atoms with Crippen molar-refractivity contribution in [3.05, 3.63) is 52.3 Å². The van der Waals surface area contributed by atoms with E-state index in [1.807, 2.05) is 6.07 Å². The Labute approximate surface area is 169 Å². The van der Waals surface area contributed by atoms with Gasteiger partial charge in [0.05, 0.1) is 26.9 Å². The van der Waals surface area contributed by atoms with Gasteiger partial charge in [-0.3, -0.25) is 0 Å². The van der Waals surface area contributed by atoms with Crippen molar-refractivity contribution in [2.75, 3.05) is 21.3 Å². The fourth-order valence-corrected chi connectivity index (χ4v) is 2.86. The molecule has 2 aromatic carbocycles. The van der Waals surface area contributed by atoms with Crippen LogP contribution in [0, 0.1) is 0 Å². The Morgan fingerprint density at radius 3 is 2.36 bits per heavy atom. The largest absolute Gasteiger partial charge is 0.493 e. The normalized spacial score (nSPS) is 10.4. The number of halogens is 1. The third-order valence-electron chi connectivity index (χ3n) is 3.77. The van der Waals surface area contributed by atoms with Gasteiger partial charge in [0.15, 0.2) is 18.1 Å². The zero-order valence-electron chi connectivity index (χ0n) is 15.4. The molecular formula is C19H17BrN2O6. The van der Waals surface area contributed by atoms with Crippen LogP contribution in [0.5, 0.6) is 17.2 Å². The zero-order chi connectivity index (χ0) is 20.1. The van der Waals surface area contributed by atoms with Gasteiger partial charge in [-0.25, -0.2) is 4.79 Å². The summed E-state index contributed by atoms with van der Waals surface area (Å²) in [6, 6.07) is 10.3. The molecule has 0 aliphatic heterocycles. The first-order valence-electron chi connectivity index (χ1n) is 8.11. The minimum absolute atomic E-state index is 0.150. The molecule has 1 aromatic heterocycles. The number of esters is 1. The van der Waals surface area contributed by atoms with Gasteiger partial charge in [-0.05, 0) is 30.3 Å². The van der Waals surface area contributed by atoms with E-state index < -0.39 is 5.97 Å². The molecule has 3 aromatic rings. The second-order valence-corrected chi connectivity index (χ2v) is 6.42. The van der Waals surface area contributed by atoms with E-state index in [0.717, 1.165) is 4.47 Å². The lowest BCUT2D eigenvalue weighted by Gasteiger charge is -2.12. The third kappa shape index (κ3) is 4.25. The van der Waals surface area contributed by atoms with Crippen molar-refractivity contribution >= 4 is 21.9 Å². The average molecular weight is 449 g/mol. The van der Waals surface area contributed by atoms with Gasteiger partial charge in [0, 0.05) is 10.0 Å². The number of ether oxygens (including phenoxy) is 4. The average Bonchev–Trinajstić information content (AvgIpc) is 3.19. The van der Waals surface area contributed by atoms with E-state index in [4.69, 9.17) is 23.4 Å².